The first-order chi connectivity index (χ1) is 13.2. The quantitative estimate of drug-likeness (QED) is 0.835. The molecule has 3 heterocycles. The van der Waals surface area contributed by atoms with Crippen LogP contribution >= 0.6 is 0 Å². The molecule has 5 heteroatoms. The maximum Gasteiger partial charge on any atom is 0.253 e. The molecule has 142 valence electrons. The molecule has 1 aromatic carbocycles. The van der Waals surface area contributed by atoms with Gasteiger partial charge in [0.15, 0.2) is 0 Å². The summed E-state index contributed by atoms with van der Waals surface area (Å²) >= 11 is 0. The van der Waals surface area contributed by atoms with Crippen LogP contribution in [0.4, 0.5) is 0 Å². The van der Waals surface area contributed by atoms with Gasteiger partial charge >= 0.3 is 0 Å². The maximum absolute atomic E-state index is 13.0. The molecule has 2 aromatic rings. The smallest absolute Gasteiger partial charge is 0.253 e. The van der Waals surface area contributed by atoms with Crippen molar-refractivity contribution in [3.05, 3.63) is 59.4 Å². The lowest BCUT2D eigenvalue weighted by Gasteiger charge is -2.37. The van der Waals surface area contributed by atoms with Gasteiger partial charge in [0, 0.05) is 43.6 Å². The fourth-order valence-corrected chi connectivity index (χ4v) is 4.45. The SMILES string of the molecule is COc1ccc(C(=O)N2C[C@H]3CCCN(Cc4ccncc4C)[C@H]3C2)cc1. The Morgan fingerprint density at radius 2 is 2.04 bits per heavy atom. The molecule has 2 aliphatic heterocycles. The minimum absolute atomic E-state index is 0.132. The van der Waals surface area contributed by atoms with Crippen LogP contribution in [-0.2, 0) is 6.54 Å². The van der Waals surface area contributed by atoms with Crippen LogP contribution in [0.5, 0.6) is 5.75 Å². The van der Waals surface area contributed by atoms with Crippen LogP contribution in [0.25, 0.3) is 0 Å². The predicted molar refractivity (Wildman–Crippen MR) is 105 cm³/mol. The standard InChI is InChI=1S/C22H27N3O2/c1-16-12-23-10-9-18(16)13-24-11-3-4-19-14-25(15-21(19)24)22(26)17-5-7-20(27-2)8-6-17/h5-10,12,19,21H,3-4,11,13-15H2,1-2H3/t19-,21+/m1/s1. The summed E-state index contributed by atoms with van der Waals surface area (Å²) in [6.07, 6.45) is 6.22. The molecule has 27 heavy (non-hydrogen) atoms. The molecule has 1 aromatic heterocycles. The monoisotopic (exact) mass is 365 g/mol. The van der Waals surface area contributed by atoms with Crippen LogP contribution in [0.2, 0.25) is 0 Å². The predicted octanol–water partition coefficient (Wildman–Crippen LogP) is 3.14. The van der Waals surface area contributed by atoms with Crippen LogP contribution in [0, 0.1) is 12.8 Å². The van der Waals surface area contributed by atoms with Gasteiger partial charge in [0.25, 0.3) is 5.91 Å². The Morgan fingerprint density at radius 3 is 2.78 bits per heavy atom. The van der Waals surface area contributed by atoms with E-state index < -0.39 is 0 Å². The van der Waals surface area contributed by atoms with Gasteiger partial charge in [-0.05, 0) is 73.7 Å². The van der Waals surface area contributed by atoms with Gasteiger partial charge in [-0.2, -0.15) is 0 Å². The molecule has 4 rings (SSSR count). The van der Waals surface area contributed by atoms with Crippen molar-refractivity contribution in [1.29, 1.82) is 0 Å². The average molecular weight is 365 g/mol. The van der Waals surface area contributed by atoms with Gasteiger partial charge in [-0.3, -0.25) is 14.7 Å². The van der Waals surface area contributed by atoms with Crippen molar-refractivity contribution in [3.8, 4) is 5.75 Å². The van der Waals surface area contributed by atoms with Crippen LogP contribution < -0.4 is 4.74 Å². The fourth-order valence-electron chi connectivity index (χ4n) is 4.45. The highest BCUT2D eigenvalue weighted by molar-refractivity contribution is 5.94. The first kappa shape index (κ1) is 18.0. The van der Waals surface area contributed by atoms with Crippen molar-refractivity contribution >= 4 is 5.91 Å². The normalized spacial score (nSPS) is 22.5. The molecule has 1 amide bonds. The molecular formula is C22H27N3O2. The minimum Gasteiger partial charge on any atom is -0.497 e. The lowest BCUT2D eigenvalue weighted by atomic mass is 9.91. The zero-order valence-corrected chi connectivity index (χ0v) is 16.1. The molecule has 2 fully saturated rings. The number of aryl methyl sites for hydroxylation is 1. The van der Waals surface area contributed by atoms with Crippen LogP contribution in [0.15, 0.2) is 42.7 Å². The first-order valence-corrected chi connectivity index (χ1v) is 9.72. The minimum atomic E-state index is 0.132. The zero-order chi connectivity index (χ0) is 18.8. The summed E-state index contributed by atoms with van der Waals surface area (Å²) in [4.78, 5) is 21.8. The number of methoxy groups -OCH3 is 1. The van der Waals surface area contributed by atoms with E-state index >= 15 is 0 Å². The summed E-state index contributed by atoms with van der Waals surface area (Å²) in [6.45, 7) is 5.85. The summed E-state index contributed by atoms with van der Waals surface area (Å²) in [5.41, 5.74) is 3.32. The zero-order valence-electron chi connectivity index (χ0n) is 16.1. The molecule has 2 aliphatic rings. The molecule has 0 N–H and O–H groups in total. The van der Waals surface area contributed by atoms with E-state index in [-0.39, 0.29) is 5.91 Å². The van der Waals surface area contributed by atoms with E-state index in [9.17, 15) is 4.79 Å². The molecule has 0 radical (unpaired) electrons. The van der Waals surface area contributed by atoms with Crippen molar-refractivity contribution in [2.45, 2.75) is 32.4 Å². The molecule has 0 saturated carbocycles. The first-order valence-electron chi connectivity index (χ1n) is 9.72. The van der Waals surface area contributed by atoms with Crippen molar-refractivity contribution in [2.75, 3.05) is 26.7 Å². The average Bonchev–Trinajstić information content (AvgIpc) is 3.14. The summed E-state index contributed by atoms with van der Waals surface area (Å²) in [5, 5.41) is 0. The van der Waals surface area contributed by atoms with Gasteiger partial charge in [-0.15, -0.1) is 0 Å². The Bertz CT molecular complexity index is 805. The molecule has 2 saturated heterocycles. The number of piperidine rings is 1. The van der Waals surface area contributed by atoms with Gasteiger partial charge in [0.2, 0.25) is 0 Å². The Morgan fingerprint density at radius 1 is 1.22 bits per heavy atom. The molecule has 2 atom stereocenters. The van der Waals surface area contributed by atoms with E-state index in [1.165, 1.54) is 24.0 Å². The lowest BCUT2D eigenvalue weighted by molar-refractivity contribution is 0.0774. The van der Waals surface area contributed by atoms with Crippen LogP contribution in [0.1, 0.15) is 34.3 Å². The summed E-state index contributed by atoms with van der Waals surface area (Å²) in [7, 11) is 1.64. The third kappa shape index (κ3) is 3.69. The number of aromatic nitrogens is 1. The van der Waals surface area contributed by atoms with E-state index in [1.807, 2.05) is 41.6 Å². The Balaban J connectivity index is 1.47. The van der Waals surface area contributed by atoms with Gasteiger partial charge in [-0.25, -0.2) is 0 Å². The summed E-state index contributed by atoms with van der Waals surface area (Å²) in [5.74, 6) is 1.48. The van der Waals surface area contributed by atoms with Gasteiger partial charge in [0.1, 0.15) is 5.75 Å². The molecule has 0 spiro atoms. The second kappa shape index (κ2) is 7.69. The van der Waals surface area contributed by atoms with E-state index in [0.29, 0.717) is 12.0 Å². The topological polar surface area (TPSA) is 45.7 Å². The fraction of sp³-hybridized carbons (Fsp3) is 0.455. The third-order valence-electron chi connectivity index (χ3n) is 6.03. The number of nitrogens with zero attached hydrogens (tertiary/aromatic N) is 3. The van der Waals surface area contributed by atoms with Gasteiger partial charge < -0.3 is 9.64 Å². The van der Waals surface area contributed by atoms with Crippen LogP contribution in [-0.4, -0.2) is 53.5 Å². The van der Waals surface area contributed by atoms with Crippen molar-refractivity contribution in [3.63, 3.8) is 0 Å². The number of benzene rings is 1. The Hall–Kier alpha value is -2.40. The van der Waals surface area contributed by atoms with Crippen LogP contribution in [0.3, 0.4) is 0 Å². The number of likely N-dealkylation sites (tertiary alicyclic amines) is 2. The second-order valence-electron chi connectivity index (χ2n) is 7.68. The summed E-state index contributed by atoms with van der Waals surface area (Å²) in [6, 6.07) is 10.0. The number of amides is 1. The van der Waals surface area contributed by atoms with E-state index in [1.54, 1.807) is 7.11 Å². The highest BCUT2D eigenvalue weighted by Gasteiger charge is 2.40. The Kier molecular flexibility index (Phi) is 5.12. The molecular weight excluding hydrogens is 338 g/mol. The molecule has 0 aliphatic carbocycles. The summed E-state index contributed by atoms with van der Waals surface area (Å²) < 4.78 is 5.20. The Labute approximate surface area is 161 Å². The maximum atomic E-state index is 13.0. The molecule has 5 nitrogen and oxygen atoms in total. The number of ether oxygens (including phenoxy) is 1. The third-order valence-corrected chi connectivity index (χ3v) is 6.03. The largest absolute Gasteiger partial charge is 0.497 e. The van der Waals surface area contributed by atoms with Gasteiger partial charge in [-0.1, -0.05) is 0 Å². The lowest BCUT2D eigenvalue weighted by Crippen LogP contribution is -2.44. The van der Waals surface area contributed by atoms with Crippen molar-refractivity contribution in [2.24, 2.45) is 5.92 Å². The number of hydrogen-bond acceptors (Lipinski definition) is 4. The number of rotatable bonds is 4. The number of fused-ring (bicyclic) bond motifs is 1. The van der Waals surface area contributed by atoms with E-state index in [2.05, 4.69) is 22.9 Å². The number of hydrogen-bond donors (Lipinski definition) is 0. The highest BCUT2D eigenvalue weighted by Crippen LogP contribution is 2.32. The number of carbonyl (C=O) groups excluding carboxylic acids is 1. The number of carbonyl (C=O) groups is 1. The second-order valence-corrected chi connectivity index (χ2v) is 7.68. The van der Waals surface area contributed by atoms with Crippen molar-refractivity contribution < 1.29 is 9.53 Å². The van der Waals surface area contributed by atoms with E-state index in [4.69, 9.17) is 4.74 Å². The van der Waals surface area contributed by atoms with Gasteiger partial charge in [0.05, 0.1) is 7.11 Å². The highest BCUT2D eigenvalue weighted by atomic mass is 16.5. The van der Waals surface area contributed by atoms with Crippen molar-refractivity contribution in [1.82, 2.24) is 14.8 Å². The molecule has 0 bridgehead atoms. The van der Waals surface area contributed by atoms with E-state index in [0.717, 1.165) is 37.5 Å². The number of pyridine rings is 1. The molecule has 0 unspecified atom stereocenters.